The van der Waals surface area contributed by atoms with Crippen molar-refractivity contribution in [2.45, 2.75) is 178 Å². The van der Waals surface area contributed by atoms with Gasteiger partial charge in [-0.2, -0.15) is 0 Å². The molecule has 0 aromatic rings. The molecule has 1 radical (unpaired) electrons. The molecule has 6 nitrogen and oxygen atoms in total. The molecule has 0 aliphatic heterocycles. The van der Waals surface area contributed by atoms with Gasteiger partial charge >= 0.3 is 17.1 Å². The first-order valence-electron chi connectivity index (χ1n) is 19.0. The zero-order valence-electron chi connectivity index (χ0n) is 31.8. The minimum atomic E-state index is -3.07. The van der Waals surface area contributed by atoms with Crippen LogP contribution in [0.2, 0.25) is 0 Å². The second kappa shape index (κ2) is 34.5. The van der Waals surface area contributed by atoms with Gasteiger partial charge in [-0.3, -0.25) is 0 Å². The molecule has 0 fully saturated rings. The third-order valence-electron chi connectivity index (χ3n) is 8.80. The standard InChI is InChI=1S/3C12H27O2P.Fe/c3*1-4-7-9-12(6-3)11-15(13,14)10-8-5-2;/h3*12H,4-11H2,1-3H3,(H,13,14);/q;;;+3/p-3. The molecule has 281 valence electrons. The van der Waals surface area contributed by atoms with Crippen LogP contribution in [0.4, 0.5) is 0 Å². The largest absolute Gasteiger partial charge is 3.00 e. The summed E-state index contributed by atoms with van der Waals surface area (Å²) in [6, 6.07) is 0. The molecule has 0 aliphatic rings. The van der Waals surface area contributed by atoms with Gasteiger partial charge in [-0.1, -0.05) is 159 Å². The summed E-state index contributed by atoms with van der Waals surface area (Å²) < 4.78 is 35.2. The molecule has 46 heavy (non-hydrogen) atoms. The van der Waals surface area contributed by atoms with Crippen molar-refractivity contribution >= 4 is 22.1 Å². The van der Waals surface area contributed by atoms with E-state index in [0.29, 0.717) is 54.7 Å². The van der Waals surface area contributed by atoms with Crippen LogP contribution >= 0.6 is 22.1 Å². The molecule has 0 saturated heterocycles. The van der Waals surface area contributed by atoms with Crippen LogP contribution in [-0.4, -0.2) is 37.0 Å². The maximum atomic E-state index is 11.7. The molecule has 0 aromatic carbocycles. The Morgan fingerprint density at radius 2 is 0.587 bits per heavy atom. The SMILES string of the molecule is CCCCC(CC)CP(=O)([O-])CCCC.CCCCC(CC)CP(=O)([O-])CCCC.CCCCC(CC)CP(=O)([O-])CCCC.[Fe+3]. The van der Waals surface area contributed by atoms with Gasteiger partial charge in [0.2, 0.25) is 0 Å². The van der Waals surface area contributed by atoms with Crippen molar-refractivity contribution in [1.29, 1.82) is 0 Å². The Morgan fingerprint density at radius 3 is 0.739 bits per heavy atom. The predicted octanol–water partition coefficient (Wildman–Crippen LogP) is 10.9. The monoisotopic (exact) mass is 755 g/mol. The molecular formula is C36H78FeO6P3. The Labute approximate surface area is 299 Å². The van der Waals surface area contributed by atoms with Crippen molar-refractivity contribution in [3.8, 4) is 0 Å². The van der Waals surface area contributed by atoms with Crippen molar-refractivity contribution in [2.75, 3.05) is 37.0 Å². The fourth-order valence-corrected chi connectivity index (χ4v) is 12.0. The van der Waals surface area contributed by atoms with E-state index in [4.69, 9.17) is 0 Å². The number of unbranched alkanes of at least 4 members (excludes halogenated alkanes) is 6. The smallest absolute Gasteiger partial charge is 0.799 e. The minimum Gasteiger partial charge on any atom is -0.799 e. The Bertz CT molecular complexity index is 683. The van der Waals surface area contributed by atoms with Gasteiger partial charge in [0.1, 0.15) is 0 Å². The summed E-state index contributed by atoms with van der Waals surface area (Å²) >= 11 is 0. The van der Waals surface area contributed by atoms with Crippen LogP contribution in [0.3, 0.4) is 0 Å². The van der Waals surface area contributed by atoms with E-state index in [9.17, 15) is 28.4 Å². The molecule has 0 aliphatic carbocycles. The fourth-order valence-electron chi connectivity index (χ4n) is 5.40. The molecule has 0 N–H and O–H groups in total. The van der Waals surface area contributed by atoms with Crippen LogP contribution in [0.15, 0.2) is 0 Å². The number of hydrogen-bond donors (Lipinski definition) is 0. The first-order chi connectivity index (χ1) is 21.2. The van der Waals surface area contributed by atoms with Crippen LogP contribution in [0.25, 0.3) is 0 Å². The van der Waals surface area contributed by atoms with Crippen LogP contribution in [0.5, 0.6) is 0 Å². The summed E-state index contributed by atoms with van der Waals surface area (Å²) in [5.41, 5.74) is 0. The Balaban J connectivity index is -0.000000285. The summed E-state index contributed by atoms with van der Waals surface area (Å²) in [6.45, 7) is 18.9. The van der Waals surface area contributed by atoms with Crippen molar-refractivity contribution in [3.05, 3.63) is 0 Å². The number of hydrogen-bond acceptors (Lipinski definition) is 6. The first-order valence-corrected chi connectivity index (χ1v) is 25.0. The normalized spacial score (nSPS) is 17.0. The van der Waals surface area contributed by atoms with Gasteiger partial charge in [0.25, 0.3) is 0 Å². The van der Waals surface area contributed by atoms with Crippen LogP contribution in [-0.2, 0) is 30.8 Å². The molecule has 6 atom stereocenters. The molecule has 0 spiro atoms. The fraction of sp³-hybridized carbons (Fsp3) is 1.00. The number of rotatable bonds is 27. The average molecular weight is 756 g/mol. The van der Waals surface area contributed by atoms with E-state index in [0.717, 1.165) is 116 Å². The molecule has 10 heteroatoms. The average Bonchev–Trinajstić information content (AvgIpc) is 3.00. The van der Waals surface area contributed by atoms with E-state index in [-0.39, 0.29) is 17.1 Å². The Hall–Kier alpha value is 1.09. The van der Waals surface area contributed by atoms with Crippen LogP contribution in [0.1, 0.15) is 178 Å². The Kier molecular flexibility index (Phi) is 40.4. The van der Waals surface area contributed by atoms with E-state index < -0.39 is 22.1 Å². The van der Waals surface area contributed by atoms with Crippen LogP contribution in [0, 0.1) is 17.8 Å². The summed E-state index contributed by atoms with van der Waals surface area (Å²) in [5.74, 6) is 1.18. The van der Waals surface area contributed by atoms with Gasteiger partial charge in [0, 0.05) is 22.1 Å². The predicted molar refractivity (Wildman–Crippen MR) is 197 cm³/mol. The Morgan fingerprint density at radius 1 is 0.391 bits per heavy atom. The minimum absolute atomic E-state index is 0. The quantitative estimate of drug-likeness (QED) is 0.0608. The molecule has 0 heterocycles. The van der Waals surface area contributed by atoms with Gasteiger partial charge in [-0.25, -0.2) is 0 Å². The third-order valence-corrected chi connectivity index (χ3v) is 15.0. The summed E-state index contributed by atoms with van der Waals surface area (Å²) in [6.07, 6.45) is 21.1. The molecule has 0 amide bonds. The molecular weight excluding hydrogens is 677 g/mol. The molecule has 0 aromatic heterocycles. The van der Waals surface area contributed by atoms with Gasteiger partial charge in [-0.15, -0.1) is 0 Å². The molecule has 0 rings (SSSR count). The van der Waals surface area contributed by atoms with Gasteiger partial charge in [0.15, 0.2) is 0 Å². The van der Waals surface area contributed by atoms with E-state index in [1.54, 1.807) is 0 Å². The molecule has 6 unspecified atom stereocenters. The zero-order chi connectivity index (χ0) is 35.2. The molecule has 0 saturated carbocycles. The maximum absolute atomic E-state index is 11.7. The van der Waals surface area contributed by atoms with E-state index in [1.165, 1.54) is 0 Å². The summed E-state index contributed by atoms with van der Waals surface area (Å²) in [7, 11) is -9.22. The van der Waals surface area contributed by atoms with Gasteiger partial charge in [0.05, 0.1) is 0 Å². The summed E-state index contributed by atoms with van der Waals surface area (Å²) in [4.78, 5) is 35.2. The van der Waals surface area contributed by atoms with Crippen molar-refractivity contribution < 1.29 is 45.4 Å². The second-order valence-corrected chi connectivity index (χ2v) is 20.8. The first kappa shape index (κ1) is 53.9. The second-order valence-electron chi connectivity index (χ2n) is 13.5. The van der Waals surface area contributed by atoms with Crippen molar-refractivity contribution in [3.63, 3.8) is 0 Å². The van der Waals surface area contributed by atoms with E-state index in [1.807, 2.05) is 20.8 Å². The topological polar surface area (TPSA) is 120 Å². The van der Waals surface area contributed by atoms with Crippen LogP contribution < -0.4 is 14.7 Å². The van der Waals surface area contributed by atoms with Crippen molar-refractivity contribution in [1.82, 2.24) is 0 Å². The summed E-state index contributed by atoms with van der Waals surface area (Å²) in [5, 5.41) is 0. The van der Waals surface area contributed by atoms with E-state index in [2.05, 4.69) is 41.5 Å². The zero-order valence-corrected chi connectivity index (χ0v) is 35.6. The third kappa shape index (κ3) is 36.4. The van der Waals surface area contributed by atoms with Crippen molar-refractivity contribution in [2.24, 2.45) is 17.8 Å². The maximum Gasteiger partial charge on any atom is 3.00 e. The van der Waals surface area contributed by atoms with Gasteiger partial charge < -0.3 is 28.4 Å². The van der Waals surface area contributed by atoms with E-state index >= 15 is 0 Å². The van der Waals surface area contributed by atoms with Gasteiger partial charge in [-0.05, 0) is 74.0 Å². The molecule has 0 bridgehead atoms.